The topological polar surface area (TPSA) is 91.1 Å². The molecule has 6 heteroatoms. The van der Waals surface area contributed by atoms with E-state index in [4.69, 9.17) is 5.84 Å². The van der Waals surface area contributed by atoms with Crippen molar-refractivity contribution in [2.75, 3.05) is 0 Å². The van der Waals surface area contributed by atoms with Gasteiger partial charge in [0.2, 0.25) is 5.96 Å². The van der Waals surface area contributed by atoms with E-state index in [1.165, 1.54) is 0 Å². The number of guanidine groups is 1. The Labute approximate surface area is 94.7 Å². The van der Waals surface area contributed by atoms with Crippen molar-refractivity contribution in [2.45, 2.75) is 38.3 Å². The molecule has 0 saturated heterocycles. The number of rotatable bonds is 4. The van der Waals surface area contributed by atoms with Crippen LogP contribution in [-0.4, -0.2) is 22.0 Å². The van der Waals surface area contributed by atoms with Crippen molar-refractivity contribution in [3.8, 4) is 0 Å². The van der Waals surface area contributed by atoms with Gasteiger partial charge in [0.05, 0.1) is 12.1 Å². The van der Waals surface area contributed by atoms with Crippen molar-refractivity contribution >= 4 is 5.96 Å². The van der Waals surface area contributed by atoms with Crippen molar-refractivity contribution in [3.63, 3.8) is 0 Å². The third kappa shape index (κ3) is 2.73. The Hall–Kier alpha value is -1.56. The standard InChI is InChI=1S/C10H18N6/c1-2-8(9-12-5-6-13-9)15-10(16-11)14-7-3-4-7/h5-8H,2-4,11H2,1H3,(H,12,13)(H2,14,15,16). The second kappa shape index (κ2) is 4.98. The highest BCUT2D eigenvalue weighted by Crippen LogP contribution is 2.23. The maximum absolute atomic E-state index is 5.43. The lowest BCUT2D eigenvalue weighted by molar-refractivity contribution is 0.579. The van der Waals surface area contributed by atoms with Gasteiger partial charge in [-0.15, -0.1) is 0 Å². The lowest BCUT2D eigenvalue weighted by atomic mass is 10.2. The Bertz CT molecular complexity index is 340. The molecule has 6 nitrogen and oxygen atoms in total. The molecule has 2 rings (SSSR count). The van der Waals surface area contributed by atoms with Gasteiger partial charge >= 0.3 is 0 Å². The van der Waals surface area contributed by atoms with Crippen molar-refractivity contribution < 1.29 is 0 Å². The number of nitrogens with one attached hydrogen (secondary N) is 3. The van der Waals surface area contributed by atoms with E-state index < -0.39 is 0 Å². The van der Waals surface area contributed by atoms with E-state index >= 15 is 0 Å². The SMILES string of the molecule is CCC(NC(=NC1CC1)NN)c1ncc[nH]1. The Balaban J connectivity index is 1.99. The average molecular weight is 222 g/mol. The minimum Gasteiger partial charge on any atom is -0.347 e. The van der Waals surface area contributed by atoms with E-state index in [1.54, 1.807) is 6.20 Å². The molecule has 0 bridgehead atoms. The Morgan fingerprint density at radius 2 is 2.56 bits per heavy atom. The maximum Gasteiger partial charge on any atom is 0.206 e. The second-order valence-corrected chi connectivity index (χ2v) is 3.93. The number of H-pyrrole nitrogens is 1. The van der Waals surface area contributed by atoms with Gasteiger partial charge in [-0.1, -0.05) is 6.92 Å². The molecule has 1 atom stereocenters. The fourth-order valence-corrected chi connectivity index (χ4v) is 1.50. The zero-order chi connectivity index (χ0) is 11.4. The summed E-state index contributed by atoms with van der Waals surface area (Å²) in [6.45, 7) is 2.09. The Morgan fingerprint density at radius 1 is 1.75 bits per heavy atom. The van der Waals surface area contributed by atoms with E-state index in [-0.39, 0.29) is 6.04 Å². The lowest BCUT2D eigenvalue weighted by Gasteiger charge is -2.17. The summed E-state index contributed by atoms with van der Waals surface area (Å²) in [5.41, 5.74) is 2.60. The van der Waals surface area contributed by atoms with Crippen LogP contribution in [-0.2, 0) is 0 Å². The zero-order valence-corrected chi connectivity index (χ0v) is 9.40. The minimum atomic E-state index is 0.114. The summed E-state index contributed by atoms with van der Waals surface area (Å²) in [4.78, 5) is 11.7. The van der Waals surface area contributed by atoms with Gasteiger partial charge in [-0.25, -0.2) is 15.8 Å². The molecule has 88 valence electrons. The van der Waals surface area contributed by atoms with Crippen LogP contribution in [0.4, 0.5) is 0 Å². The number of nitrogens with zero attached hydrogens (tertiary/aromatic N) is 2. The molecule has 0 aromatic carbocycles. The molecule has 5 N–H and O–H groups in total. The van der Waals surface area contributed by atoms with Crippen molar-refractivity contribution in [1.29, 1.82) is 0 Å². The molecule has 0 spiro atoms. The summed E-state index contributed by atoms with van der Waals surface area (Å²) < 4.78 is 0. The number of aliphatic imine (C=N–C) groups is 1. The monoisotopic (exact) mass is 222 g/mol. The predicted molar refractivity (Wildman–Crippen MR) is 62.5 cm³/mol. The highest BCUT2D eigenvalue weighted by molar-refractivity contribution is 5.79. The zero-order valence-electron chi connectivity index (χ0n) is 9.40. The molecular weight excluding hydrogens is 204 g/mol. The first-order chi connectivity index (χ1) is 7.83. The van der Waals surface area contributed by atoms with Crippen LogP contribution in [0.2, 0.25) is 0 Å². The van der Waals surface area contributed by atoms with Crippen LogP contribution < -0.4 is 16.6 Å². The predicted octanol–water partition coefficient (Wildman–Crippen LogP) is 0.432. The van der Waals surface area contributed by atoms with Gasteiger partial charge in [0.25, 0.3) is 0 Å². The van der Waals surface area contributed by atoms with E-state index in [1.807, 2.05) is 6.20 Å². The van der Waals surface area contributed by atoms with Gasteiger partial charge in [-0.05, 0) is 19.3 Å². The van der Waals surface area contributed by atoms with Crippen molar-refractivity contribution in [1.82, 2.24) is 20.7 Å². The van der Waals surface area contributed by atoms with Gasteiger partial charge in [0.15, 0.2) is 0 Å². The fraction of sp³-hybridized carbons (Fsp3) is 0.600. The molecule has 1 saturated carbocycles. The molecule has 1 aliphatic rings. The lowest BCUT2D eigenvalue weighted by Crippen LogP contribution is -2.43. The fourth-order valence-electron chi connectivity index (χ4n) is 1.50. The molecular formula is C10H18N6. The highest BCUT2D eigenvalue weighted by atomic mass is 15.3. The molecule has 1 heterocycles. The Kier molecular flexibility index (Phi) is 3.40. The van der Waals surface area contributed by atoms with Gasteiger partial charge in [0, 0.05) is 12.4 Å². The first-order valence-corrected chi connectivity index (χ1v) is 5.63. The minimum absolute atomic E-state index is 0.114. The summed E-state index contributed by atoms with van der Waals surface area (Å²) in [5, 5.41) is 3.25. The number of hydrazine groups is 1. The number of hydrogen-bond acceptors (Lipinski definition) is 3. The molecule has 1 aliphatic carbocycles. The summed E-state index contributed by atoms with van der Waals surface area (Å²) in [7, 11) is 0. The molecule has 0 aliphatic heterocycles. The molecule has 1 unspecified atom stereocenters. The van der Waals surface area contributed by atoms with Crippen LogP contribution in [0, 0.1) is 0 Å². The van der Waals surface area contributed by atoms with E-state index in [9.17, 15) is 0 Å². The number of nitrogens with two attached hydrogens (primary N) is 1. The third-order valence-electron chi connectivity index (χ3n) is 2.56. The largest absolute Gasteiger partial charge is 0.347 e. The number of imidazole rings is 1. The van der Waals surface area contributed by atoms with Crippen molar-refractivity contribution in [3.05, 3.63) is 18.2 Å². The number of aromatic nitrogens is 2. The van der Waals surface area contributed by atoms with Crippen LogP contribution >= 0.6 is 0 Å². The first kappa shape index (κ1) is 10.9. The second-order valence-electron chi connectivity index (χ2n) is 3.93. The Morgan fingerprint density at radius 3 is 3.06 bits per heavy atom. The molecule has 0 amide bonds. The summed E-state index contributed by atoms with van der Waals surface area (Å²) in [6, 6.07) is 0.552. The third-order valence-corrected chi connectivity index (χ3v) is 2.56. The van der Waals surface area contributed by atoms with Crippen LogP contribution in [0.1, 0.15) is 38.1 Å². The molecule has 16 heavy (non-hydrogen) atoms. The summed E-state index contributed by atoms with van der Waals surface area (Å²) in [6.07, 6.45) is 6.79. The van der Waals surface area contributed by atoms with Gasteiger partial charge in [-0.3, -0.25) is 5.43 Å². The normalized spacial score (nSPS) is 18.2. The average Bonchev–Trinajstić information content (AvgIpc) is 2.95. The molecule has 1 fully saturated rings. The van der Waals surface area contributed by atoms with Crippen molar-refractivity contribution in [2.24, 2.45) is 10.8 Å². The molecule has 0 radical (unpaired) electrons. The maximum atomic E-state index is 5.43. The smallest absolute Gasteiger partial charge is 0.206 e. The van der Waals surface area contributed by atoms with Crippen LogP contribution in [0.3, 0.4) is 0 Å². The van der Waals surface area contributed by atoms with E-state index in [0.29, 0.717) is 12.0 Å². The van der Waals surface area contributed by atoms with Gasteiger partial charge in [-0.2, -0.15) is 0 Å². The van der Waals surface area contributed by atoms with Gasteiger partial charge in [0.1, 0.15) is 5.82 Å². The highest BCUT2D eigenvalue weighted by Gasteiger charge is 2.22. The van der Waals surface area contributed by atoms with E-state index in [2.05, 4.69) is 32.6 Å². The summed E-state index contributed by atoms with van der Waals surface area (Å²) in [5.74, 6) is 6.98. The van der Waals surface area contributed by atoms with Gasteiger partial charge < -0.3 is 10.3 Å². The number of hydrogen-bond donors (Lipinski definition) is 4. The van der Waals surface area contributed by atoms with Crippen LogP contribution in [0.5, 0.6) is 0 Å². The first-order valence-electron chi connectivity index (χ1n) is 5.63. The van der Waals surface area contributed by atoms with Crippen LogP contribution in [0.15, 0.2) is 17.4 Å². The molecule has 1 aromatic rings. The van der Waals surface area contributed by atoms with E-state index in [0.717, 1.165) is 25.1 Å². The summed E-state index contributed by atoms with van der Waals surface area (Å²) >= 11 is 0. The molecule has 1 aromatic heterocycles. The quantitative estimate of drug-likeness (QED) is 0.257. The van der Waals surface area contributed by atoms with Crippen LogP contribution in [0.25, 0.3) is 0 Å². The number of aromatic amines is 1.